The summed E-state index contributed by atoms with van der Waals surface area (Å²) in [6.45, 7) is 9.33. The van der Waals surface area contributed by atoms with Gasteiger partial charge in [-0.25, -0.2) is 23.4 Å². The van der Waals surface area contributed by atoms with Gasteiger partial charge in [0.05, 0.1) is 5.39 Å². The Hall–Kier alpha value is -3.81. The third-order valence-corrected chi connectivity index (χ3v) is 7.18. The fourth-order valence-electron chi connectivity index (χ4n) is 4.97. The molecule has 192 valence electrons. The maximum atomic E-state index is 13.8. The molecule has 0 amide bonds. The fraction of sp³-hybridized carbons (Fsp3) is 0.345. The first-order chi connectivity index (χ1) is 17.5. The molecule has 8 heteroatoms. The predicted octanol–water partition coefficient (Wildman–Crippen LogP) is 6.66. The molecule has 6 nitrogen and oxygen atoms in total. The number of ether oxygens (including phenoxy) is 1. The van der Waals surface area contributed by atoms with Crippen molar-refractivity contribution in [2.45, 2.75) is 53.2 Å². The lowest BCUT2D eigenvalue weighted by atomic mass is 9.75. The van der Waals surface area contributed by atoms with Gasteiger partial charge in [0.25, 0.3) is 5.92 Å². The molecule has 2 unspecified atom stereocenters. The van der Waals surface area contributed by atoms with Crippen LogP contribution in [0, 0.1) is 18.8 Å². The minimum Gasteiger partial charge on any atom is -0.489 e. The SMILES string of the molecule is Cc1ccc(C(C)(F)F)cc1COC1=CC2=CC=C(c3nn(C(C)C)c4ncnc(N)c34)C(C)C2C=C1. The van der Waals surface area contributed by atoms with E-state index < -0.39 is 5.92 Å². The zero-order valence-corrected chi connectivity index (χ0v) is 21.7. The summed E-state index contributed by atoms with van der Waals surface area (Å²) < 4.78 is 35.5. The fourth-order valence-corrected chi connectivity index (χ4v) is 4.97. The number of halogens is 2. The predicted molar refractivity (Wildman–Crippen MR) is 142 cm³/mol. The molecule has 0 saturated heterocycles. The van der Waals surface area contributed by atoms with Crippen LogP contribution < -0.4 is 5.73 Å². The number of aryl methyl sites for hydroxylation is 1. The number of nitrogens with zero attached hydrogens (tertiary/aromatic N) is 4. The largest absolute Gasteiger partial charge is 0.489 e. The molecule has 2 atom stereocenters. The molecule has 37 heavy (non-hydrogen) atoms. The second kappa shape index (κ2) is 9.25. The van der Waals surface area contributed by atoms with E-state index in [1.54, 1.807) is 6.07 Å². The quantitative estimate of drug-likeness (QED) is 0.407. The lowest BCUT2D eigenvalue weighted by Crippen LogP contribution is -2.19. The number of fused-ring (bicyclic) bond motifs is 2. The van der Waals surface area contributed by atoms with Gasteiger partial charge in [-0.1, -0.05) is 37.3 Å². The summed E-state index contributed by atoms with van der Waals surface area (Å²) in [7, 11) is 0. The molecular weight excluding hydrogens is 472 g/mol. The molecule has 0 aliphatic heterocycles. The summed E-state index contributed by atoms with van der Waals surface area (Å²) >= 11 is 0. The number of nitrogens with two attached hydrogens (primary N) is 1. The number of alkyl halides is 2. The lowest BCUT2D eigenvalue weighted by Gasteiger charge is -2.30. The van der Waals surface area contributed by atoms with E-state index in [-0.39, 0.29) is 30.0 Å². The average Bonchev–Trinajstić information content (AvgIpc) is 3.24. The highest BCUT2D eigenvalue weighted by Gasteiger charge is 2.31. The van der Waals surface area contributed by atoms with Crippen LogP contribution in [0.4, 0.5) is 14.6 Å². The van der Waals surface area contributed by atoms with Crippen molar-refractivity contribution < 1.29 is 13.5 Å². The molecule has 0 bridgehead atoms. The Bertz CT molecular complexity index is 1490. The van der Waals surface area contributed by atoms with E-state index in [1.807, 2.05) is 23.8 Å². The van der Waals surface area contributed by atoms with Crippen LogP contribution in [0.2, 0.25) is 0 Å². The summed E-state index contributed by atoms with van der Waals surface area (Å²) in [4.78, 5) is 8.66. The molecule has 0 radical (unpaired) electrons. The highest BCUT2D eigenvalue weighted by Crippen LogP contribution is 2.42. The molecule has 3 aromatic rings. The third kappa shape index (κ3) is 4.56. The van der Waals surface area contributed by atoms with Gasteiger partial charge in [-0.3, -0.25) is 0 Å². The number of rotatable bonds is 6. The van der Waals surface area contributed by atoms with Crippen molar-refractivity contribution in [3.63, 3.8) is 0 Å². The molecule has 2 aromatic heterocycles. The molecule has 1 aromatic carbocycles. The first-order valence-electron chi connectivity index (χ1n) is 12.5. The first kappa shape index (κ1) is 24.9. The van der Waals surface area contributed by atoms with Gasteiger partial charge in [0.15, 0.2) is 5.65 Å². The Kier molecular flexibility index (Phi) is 6.22. The van der Waals surface area contributed by atoms with Gasteiger partial charge in [0.1, 0.15) is 30.2 Å². The van der Waals surface area contributed by atoms with E-state index in [0.717, 1.165) is 45.9 Å². The normalized spacial score (nSPS) is 19.5. The van der Waals surface area contributed by atoms with Crippen LogP contribution in [-0.2, 0) is 17.3 Å². The number of benzene rings is 1. The van der Waals surface area contributed by atoms with E-state index in [4.69, 9.17) is 15.6 Å². The number of hydrogen-bond donors (Lipinski definition) is 1. The van der Waals surface area contributed by atoms with Crippen LogP contribution in [0.1, 0.15) is 56.1 Å². The van der Waals surface area contributed by atoms with Crippen molar-refractivity contribution in [3.8, 4) is 0 Å². The summed E-state index contributed by atoms with van der Waals surface area (Å²) in [5, 5.41) is 5.67. The van der Waals surface area contributed by atoms with Crippen molar-refractivity contribution in [1.29, 1.82) is 0 Å². The summed E-state index contributed by atoms with van der Waals surface area (Å²) in [5.74, 6) is -1.49. The summed E-state index contributed by atoms with van der Waals surface area (Å²) in [6.07, 6.45) is 11.7. The number of anilines is 1. The molecule has 2 aliphatic carbocycles. The second-order valence-corrected chi connectivity index (χ2v) is 10.2. The van der Waals surface area contributed by atoms with Gasteiger partial charge in [-0.2, -0.15) is 5.10 Å². The van der Waals surface area contributed by atoms with Gasteiger partial charge < -0.3 is 10.5 Å². The first-order valence-corrected chi connectivity index (χ1v) is 12.5. The van der Waals surface area contributed by atoms with Gasteiger partial charge in [0.2, 0.25) is 0 Å². The van der Waals surface area contributed by atoms with E-state index in [9.17, 15) is 8.78 Å². The van der Waals surface area contributed by atoms with E-state index in [0.29, 0.717) is 11.6 Å². The number of nitrogen functional groups attached to an aromatic ring is 1. The zero-order chi connectivity index (χ0) is 26.5. The van der Waals surface area contributed by atoms with Crippen LogP contribution in [0.5, 0.6) is 0 Å². The lowest BCUT2D eigenvalue weighted by molar-refractivity contribution is 0.0173. The number of allylic oxidation sites excluding steroid dienone is 7. The highest BCUT2D eigenvalue weighted by molar-refractivity contribution is 5.96. The average molecular weight is 504 g/mol. The second-order valence-electron chi connectivity index (χ2n) is 10.2. The Morgan fingerprint density at radius 3 is 2.70 bits per heavy atom. The third-order valence-electron chi connectivity index (χ3n) is 7.18. The van der Waals surface area contributed by atoms with Crippen molar-refractivity contribution in [1.82, 2.24) is 19.7 Å². The monoisotopic (exact) mass is 503 g/mol. The van der Waals surface area contributed by atoms with Crippen LogP contribution in [0.15, 0.2) is 66.2 Å². The van der Waals surface area contributed by atoms with Crippen molar-refractivity contribution in [2.24, 2.45) is 11.8 Å². The van der Waals surface area contributed by atoms with Gasteiger partial charge in [-0.05, 0) is 67.2 Å². The topological polar surface area (TPSA) is 78.8 Å². The van der Waals surface area contributed by atoms with Gasteiger partial charge in [0, 0.05) is 24.4 Å². The number of aromatic nitrogens is 4. The van der Waals surface area contributed by atoms with Crippen LogP contribution in [0.25, 0.3) is 16.6 Å². The maximum absolute atomic E-state index is 13.8. The molecule has 0 spiro atoms. The smallest absolute Gasteiger partial charge is 0.270 e. The molecular formula is C29H31F2N5O. The van der Waals surface area contributed by atoms with Crippen LogP contribution in [-0.4, -0.2) is 19.7 Å². The van der Waals surface area contributed by atoms with Crippen LogP contribution in [0.3, 0.4) is 0 Å². The highest BCUT2D eigenvalue weighted by atomic mass is 19.3. The Morgan fingerprint density at radius 1 is 1.19 bits per heavy atom. The Labute approximate surface area is 215 Å². The Morgan fingerprint density at radius 2 is 1.97 bits per heavy atom. The van der Waals surface area contributed by atoms with Gasteiger partial charge >= 0.3 is 0 Å². The van der Waals surface area contributed by atoms with Crippen molar-refractivity contribution >= 4 is 22.4 Å². The van der Waals surface area contributed by atoms with Crippen molar-refractivity contribution in [2.75, 3.05) is 5.73 Å². The maximum Gasteiger partial charge on any atom is 0.270 e. The van der Waals surface area contributed by atoms with Crippen LogP contribution >= 0.6 is 0 Å². The summed E-state index contributed by atoms with van der Waals surface area (Å²) in [6, 6.07) is 4.83. The van der Waals surface area contributed by atoms with E-state index in [1.165, 1.54) is 18.5 Å². The molecule has 2 N–H and O–H groups in total. The minimum absolute atomic E-state index is 0.00937. The molecule has 0 fully saturated rings. The standard InChI is InChI=1S/C29H31F2N5O/c1-16(2)36-28-25(27(32)33-15-34-28)26(35-36)24-10-7-19-13-22(9-11-23(19)18(24)4)37-14-20-12-21(29(5,30)31)8-6-17(20)3/h6-13,15-16,18,23H,14H2,1-5H3,(H2,32,33,34). The van der Waals surface area contributed by atoms with Crippen molar-refractivity contribution in [3.05, 3.63) is 88.6 Å². The van der Waals surface area contributed by atoms with E-state index >= 15 is 0 Å². The molecule has 5 rings (SSSR count). The molecule has 2 heterocycles. The Balaban J connectivity index is 1.43. The van der Waals surface area contributed by atoms with Gasteiger partial charge in [-0.15, -0.1) is 0 Å². The molecule has 0 saturated carbocycles. The van der Waals surface area contributed by atoms with E-state index in [2.05, 4.69) is 49.0 Å². The summed E-state index contributed by atoms with van der Waals surface area (Å²) in [5.41, 5.74) is 11.7. The molecule has 2 aliphatic rings. The number of hydrogen-bond acceptors (Lipinski definition) is 5. The zero-order valence-electron chi connectivity index (χ0n) is 21.7. The minimum atomic E-state index is -2.89.